The highest BCUT2D eigenvalue weighted by molar-refractivity contribution is 7.15. The van der Waals surface area contributed by atoms with E-state index in [0.29, 0.717) is 10.0 Å². The lowest BCUT2D eigenvalue weighted by Crippen LogP contribution is -2.30. The van der Waals surface area contributed by atoms with Crippen molar-refractivity contribution >= 4 is 50.8 Å². The SMILES string of the molecule is CC(C)c1nnc(N2C(=O)C(O)=C(C(=O)c3cccs3)[C@@H]2c2cccs2)s1. The molecule has 9 heteroatoms. The highest BCUT2D eigenvalue weighted by Crippen LogP contribution is 2.44. The highest BCUT2D eigenvalue weighted by Gasteiger charge is 2.46. The largest absolute Gasteiger partial charge is 0.503 e. The molecule has 6 nitrogen and oxygen atoms in total. The summed E-state index contributed by atoms with van der Waals surface area (Å²) in [6, 6.07) is 6.45. The first-order chi connectivity index (χ1) is 13.0. The van der Waals surface area contributed by atoms with Crippen LogP contribution in [0.4, 0.5) is 5.13 Å². The number of ketones is 1. The second kappa shape index (κ2) is 6.99. The van der Waals surface area contributed by atoms with Gasteiger partial charge in [-0.25, -0.2) is 0 Å². The van der Waals surface area contributed by atoms with Crippen molar-refractivity contribution in [3.63, 3.8) is 0 Å². The average Bonchev–Trinajstić information content (AvgIpc) is 3.43. The molecule has 27 heavy (non-hydrogen) atoms. The van der Waals surface area contributed by atoms with E-state index in [9.17, 15) is 14.7 Å². The van der Waals surface area contributed by atoms with Crippen LogP contribution >= 0.6 is 34.0 Å². The predicted octanol–water partition coefficient (Wildman–Crippen LogP) is 4.57. The fourth-order valence-corrected chi connectivity index (χ4v) is 5.22. The van der Waals surface area contributed by atoms with Crippen LogP contribution in [0.5, 0.6) is 0 Å². The number of aliphatic hydroxyl groups excluding tert-OH is 1. The van der Waals surface area contributed by atoms with E-state index in [2.05, 4.69) is 10.2 Å². The monoisotopic (exact) mass is 417 g/mol. The molecule has 1 aliphatic heterocycles. The number of hydrogen-bond donors (Lipinski definition) is 1. The zero-order valence-corrected chi connectivity index (χ0v) is 16.9. The molecule has 1 amide bonds. The summed E-state index contributed by atoms with van der Waals surface area (Å²) in [6.45, 7) is 3.99. The normalized spacial score (nSPS) is 17.4. The number of Topliss-reactive ketones (excluding diaryl/α,β-unsaturated/α-hetero) is 1. The van der Waals surface area contributed by atoms with Crippen LogP contribution in [0.1, 0.15) is 45.4 Å². The van der Waals surface area contributed by atoms with Crippen molar-refractivity contribution in [3.8, 4) is 0 Å². The van der Waals surface area contributed by atoms with Crippen LogP contribution < -0.4 is 4.90 Å². The number of hydrogen-bond acceptors (Lipinski definition) is 8. The molecule has 1 aliphatic rings. The maximum absolute atomic E-state index is 13.0. The molecular formula is C18H15N3O3S3. The summed E-state index contributed by atoms with van der Waals surface area (Å²) in [6.07, 6.45) is 0. The Balaban J connectivity index is 1.83. The highest BCUT2D eigenvalue weighted by atomic mass is 32.1. The predicted molar refractivity (Wildman–Crippen MR) is 107 cm³/mol. The van der Waals surface area contributed by atoms with Gasteiger partial charge in [-0.1, -0.05) is 37.3 Å². The second-order valence-corrected chi connectivity index (χ2v) is 9.15. The Hall–Kier alpha value is -2.36. The van der Waals surface area contributed by atoms with Gasteiger partial charge in [0, 0.05) is 10.8 Å². The van der Waals surface area contributed by atoms with E-state index in [4.69, 9.17) is 0 Å². The quantitative estimate of drug-likeness (QED) is 0.615. The molecule has 138 valence electrons. The van der Waals surface area contributed by atoms with Gasteiger partial charge in [-0.15, -0.1) is 32.9 Å². The van der Waals surface area contributed by atoms with Gasteiger partial charge in [0.1, 0.15) is 11.0 Å². The maximum Gasteiger partial charge on any atom is 0.296 e. The third-order valence-electron chi connectivity index (χ3n) is 4.14. The minimum atomic E-state index is -0.708. The Kier molecular flexibility index (Phi) is 4.67. The van der Waals surface area contributed by atoms with E-state index in [1.807, 2.05) is 31.4 Å². The number of anilines is 1. The van der Waals surface area contributed by atoms with Crippen LogP contribution in [0.3, 0.4) is 0 Å². The van der Waals surface area contributed by atoms with Gasteiger partial charge in [0.2, 0.25) is 10.9 Å². The molecule has 0 saturated carbocycles. The molecule has 0 saturated heterocycles. The van der Waals surface area contributed by atoms with Crippen molar-refractivity contribution in [3.05, 3.63) is 61.1 Å². The Morgan fingerprint density at radius 1 is 1.19 bits per heavy atom. The number of carbonyl (C=O) groups is 2. The van der Waals surface area contributed by atoms with E-state index in [1.165, 1.54) is 38.9 Å². The summed E-state index contributed by atoms with van der Waals surface area (Å²) in [5, 5.41) is 23.7. The topological polar surface area (TPSA) is 83.4 Å². The van der Waals surface area contributed by atoms with Crippen LogP contribution in [0.2, 0.25) is 0 Å². The van der Waals surface area contributed by atoms with E-state index >= 15 is 0 Å². The molecule has 4 rings (SSSR count). The molecule has 0 bridgehead atoms. The van der Waals surface area contributed by atoms with Crippen LogP contribution in [-0.4, -0.2) is 27.0 Å². The number of aromatic nitrogens is 2. The molecule has 0 fully saturated rings. The number of nitrogens with zero attached hydrogens (tertiary/aromatic N) is 3. The molecule has 0 aromatic carbocycles. The van der Waals surface area contributed by atoms with Crippen molar-refractivity contribution in [1.82, 2.24) is 10.2 Å². The van der Waals surface area contributed by atoms with E-state index in [0.717, 1.165) is 9.88 Å². The Morgan fingerprint density at radius 2 is 1.93 bits per heavy atom. The molecule has 0 unspecified atom stereocenters. The standard InChI is InChI=1S/C18H15N3O3S3/c1-9(2)16-19-20-18(27-16)21-13(10-5-3-7-25-10)12(15(23)17(21)24)14(22)11-6-4-8-26-11/h3-9,13,23H,1-2H3/t13-/m0/s1. The van der Waals surface area contributed by atoms with Gasteiger partial charge in [0.05, 0.1) is 10.5 Å². The number of carbonyl (C=O) groups excluding carboxylic acids is 2. The first-order valence-corrected chi connectivity index (χ1v) is 10.8. The van der Waals surface area contributed by atoms with Crippen molar-refractivity contribution in [1.29, 1.82) is 0 Å². The fraction of sp³-hybridized carbons (Fsp3) is 0.222. The molecule has 3 aromatic rings. The lowest BCUT2D eigenvalue weighted by molar-refractivity contribution is -0.117. The first-order valence-electron chi connectivity index (χ1n) is 8.20. The van der Waals surface area contributed by atoms with Gasteiger partial charge in [-0.3, -0.25) is 14.5 Å². The van der Waals surface area contributed by atoms with E-state index in [1.54, 1.807) is 17.5 Å². The Labute approximate surface area is 167 Å². The molecule has 1 N–H and O–H groups in total. The molecule has 4 heterocycles. The fourth-order valence-electron chi connectivity index (χ4n) is 2.85. The van der Waals surface area contributed by atoms with Gasteiger partial charge in [-0.2, -0.15) is 0 Å². The van der Waals surface area contributed by atoms with Gasteiger partial charge < -0.3 is 5.11 Å². The molecule has 0 radical (unpaired) electrons. The minimum absolute atomic E-state index is 0.0891. The summed E-state index contributed by atoms with van der Waals surface area (Å²) in [4.78, 5) is 28.6. The van der Waals surface area contributed by atoms with Crippen LogP contribution in [0.25, 0.3) is 0 Å². The third-order valence-corrected chi connectivity index (χ3v) is 7.16. The minimum Gasteiger partial charge on any atom is -0.503 e. The summed E-state index contributed by atoms with van der Waals surface area (Å²) in [5.74, 6) is -1.32. The van der Waals surface area contributed by atoms with Gasteiger partial charge >= 0.3 is 0 Å². The number of thiophene rings is 2. The number of aliphatic hydroxyl groups is 1. The second-order valence-electron chi connectivity index (χ2n) is 6.24. The van der Waals surface area contributed by atoms with Gasteiger partial charge in [0.15, 0.2) is 5.76 Å². The molecule has 0 spiro atoms. The first kappa shape index (κ1) is 18.0. The van der Waals surface area contributed by atoms with Crippen molar-refractivity contribution in [2.24, 2.45) is 0 Å². The van der Waals surface area contributed by atoms with Crippen molar-refractivity contribution in [2.75, 3.05) is 4.90 Å². The summed E-state index contributed by atoms with van der Waals surface area (Å²) in [5.41, 5.74) is 0.0891. The number of rotatable bonds is 5. The maximum atomic E-state index is 13.0. The van der Waals surface area contributed by atoms with E-state index in [-0.39, 0.29) is 17.3 Å². The number of amides is 1. The van der Waals surface area contributed by atoms with Gasteiger partial charge in [-0.05, 0) is 22.9 Å². The van der Waals surface area contributed by atoms with Crippen LogP contribution in [0.15, 0.2) is 46.4 Å². The summed E-state index contributed by atoms with van der Waals surface area (Å²) >= 11 is 4.00. The zero-order valence-electron chi connectivity index (χ0n) is 14.4. The molecule has 3 aromatic heterocycles. The summed E-state index contributed by atoms with van der Waals surface area (Å²) in [7, 11) is 0. The molecule has 1 atom stereocenters. The van der Waals surface area contributed by atoms with Gasteiger partial charge in [0.25, 0.3) is 5.91 Å². The summed E-state index contributed by atoms with van der Waals surface area (Å²) < 4.78 is 0. The smallest absolute Gasteiger partial charge is 0.296 e. The zero-order chi connectivity index (χ0) is 19.1. The Morgan fingerprint density at radius 3 is 2.52 bits per heavy atom. The average molecular weight is 418 g/mol. The Bertz CT molecular complexity index is 1020. The van der Waals surface area contributed by atoms with Crippen molar-refractivity contribution < 1.29 is 14.7 Å². The lowest BCUT2D eigenvalue weighted by atomic mass is 10.0. The molecule has 0 aliphatic carbocycles. The van der Waals surface area contributed by atoms with Crippen molar-refractivity contribution in [2.45, 2.75) is 25.8 Å². The van der Waals surface area contributed by atoms with E-state index < -0.39 is 17.7 Å². The third kappa shape index (κ3) is 3.01. The van der Waals surface area contributed by atoms with Crippen LogP contribution in [0, 0.1) is 0 Å². The lowest BCUT2D eigenvalue weighted by Gasteiger charge is -2.22. The molecular weight excluding hydrogens is 402 g/mol. The van der Waals surface area contributed by atoms with Crippen LogP contribution in [-0.2, 0) is 4.79 Å².